The molecule has 0 unspecified atom stereocenters. The number of aromatic nitrogens is 1. The number of piperazine rings is 1. The molecule has 1 aromatic heterocycles. The lowest BCUT2D eigenvalue weighted by Gasteiger charge is -2.35. The molecule has 1 fully saturated rings. The second-order valence-electron chi connectivity index (χ2n) is 6.62. The lowest BCUT2D eigenvalue weighted by Crippen LogP contribution is -2.60. The third-order valence-electron chi connectivity index (χ3n) is 4.55. The Bertz CT molecular complexity index is 936. The fourth-order valence-electron chi connectivity index (χ4n) is 3.06. The van der Waals surface area contributed by atoms with Gasteiger partial charge in [-0.2, -0.15) is 4.31 Å². The van der Waals surface area contributed by atoms with Crippen molar-refractivity contribution in [1.82, 2.24) is 19.5 Å². The number of nitrogens with zero attached hydrogens (tertiary/aromatic N) is 3. The van der Waals surface area contributed by atoms with Crippen LogP contribution in [0.25, 0.3) is 11.1 Å². The molecule has 27 heavy (non-hydrogen) atoms. The molecule has 9 nitrogen and oxygen atoms in total. The van der Waals surface area contributed by atoms with E-state index in [1.54, 1.807) is 18.2 Å². The molecule has 0 radical (unpaired) electrons. The largest absolute Gasteiger partial charge is 0.441 e. The summed E-state index contributed by atoms with van der Waals surface area (Å²) >= 11 is 0. The van der Waals surface area contributed by atoms with E-state index >= 15 is 0 Å². The van der Waals surface area contributed by atoms with Crippen LogP contribution in [0.1, 0.15) is 12.8 Å². The monoisotopic (exact) mass is 394 g/mol. The van der Waals surface area contributed by atoms with Crippen LogP contribution in [0.15, 0.2) is 28.7 Å². The van der Waals surface area contributed by atoms with Crippen molar-refractivity contribution >= 4 is 32.9 Å². The number of carbonyl (C=O) groups excluding carboxylic acids is 2. The first kappa shape index (κ1) is 19.3. The van der Waals surface area contributed by atoms with Crippen molar-refractivity contribution < 1.29 is 22.4 Å². The van der Waals surface area contributed by atoms with Crippen LogP contribution in [0.4, 0.5) is 0 Å². The maximum Gasteiger partial charge on any atom is 0.241 e. The van der Waals surface area contributed by atoms with Gasteiger partial charge in [-0.3, -0.25) is 9.59 Å². The number of sulfonamides is 1. The van der Waals surface area contributed by atoms with Crippen LogP contribution in [0.5, 0.6) is 0 Å². The Kier molecular flexibility index (Phi) is 5.20. The van der Waals surface area contributed by atoms with Crippen LogP contribution in [0, 0.1) is 0 Å². The highest BCUT2D eigenvalue weighted by Gasteiger charge is 2.43. The Hall–Kier alpha value is -2.46. The molecule has 146 valence electrons. The van der Waals surface area contributed by atoms with Gasteiger partial charge in [-0.05, 0) is 19.1 Å². The summed E-state index contributed by atoms with van der Waals surface area (Å²) in [5.74, 6) is -0.705. The molecule has 1 aliphatic heterocycles. The van der Waals surface area contributed by atoms with Crippen LogP contribution in [-0.4, -0.2) is 72.9 Å². The Morgan fingerprint density at radius 2 is 2.11 bits per heavy atom. The fraction of sp³-hybridized carbons (Fsp3) is 0.471. The summed E-state index contributed by atoms with van der Waals surface area (Å²) < 4.78 is 32.7. The van der Waals surface area contributed by atoms with E-state index in [2.05, 4.69) is 10.3 Å². The van der Waals surface area contributed by atoms with Crippen LogP contribution >= 0.6 is 0 Å². The van der Waals surface area contributed by atoms with E-state index in [0.717, 1.165) is 4.31 Å². The number of benzene rings is 1. The molecule has 0 spiro atoms. The van der Waals surface area contributed by atoms with Crippen LogP contribution in [0.2, 0.25) is 0 Å². The molecule has 0 saturated carbocycles. The average Bonchev–Trinajstić information content (AvgIpc) is 3.04. The average molecular weight is 394 g/mol. The minimum atomic E-state index is -4.03. The van der Waals surface area contributed by atoms with E-state index in [4.69, 9.17) is 4.42 Å². The summed E-state index contributed by atoms with van der Waals surface area (Å²) in [5, 5.41) is 1.38. The first-order chi connectivity index (χ1) is 12.7. The number of para-hydroxylation sites is 2. The minimum Gasteiger partial charge on any atom is -0.441 e. The molecule has 0 aliphatic carbocycles. The molecule has 2 atom stereocenters. The number of hydrogen-bond donors (Lipinski definition) is 1. The van der Waals surface area contributed by atoms with Gasteiger partial charge in [0.05, 0.1) is 0 Å². The van der Waals surface area contributed by atoms with Crippen molar-refractivity contribution in [1.29, 1.82) is 0 Å². The molecule has 1 aliphatic rings. The van der Waals surface area contributed by atoms with Crippen LogP contribution in [-0.2, 0) is 26.0 Å². The molecule has 2 amide bonds. The SMILES string of the molecule is C[C@H](C(=O)N(C)C)S(=O)(=O)N1CCNC(=O)[C@H]1Cc1nc2ccccc2o1. The number of carbonyl (C=O) groups is 2. The lowest BCUT2D eigenvalue weighted by atomic mass is 10.1. The molecule has 10 heteroatoms. The summed E-state index contributed by atoms with van der Waals surface area (Å²) in [6, 6.07) is 6.12. The summed E-state index contributed by atoms with van der Waals surface area (Å²) in [4.78, 5) is 30.1. The summed E-state index contributed by atoms with van der Waals surface area (Å²) in [6.45, 7) is 1.61. The zero-order valence-corrected chi connectivity index (χ0v) is 16.2. The van der Waals surface area contributed by atoms with Gasteiger partial charge in [0.2, 0.25) is 21.8 Å². The second-order valence-corrected chi connectivity index (χ2v) is 8.82. The zero-order chi connectivity index (χ0) is 19.8. The highest BCUT2D eigenvalue weighted by Crippen LogP contribution is 2.22. The first-order valence-electron chi connectivity index (χ1n) is 8.56. The third-order valence-corrected chi connectivity index (χ3v) is 6.74. The Balaban J connectivity index is 1.91. The van der Waals surface area contributed by atoms with Gasteiger partial charge < -0.3 is 14.6 Å². The van der Waals surface area contributed by atoms with E-state index < -0.39 is 33.1 Å². The molecule has 1 saturated heterocycles. The first-order valence-corrected chi connectivity index (χ1v) is 10.1. The molecular formula is C17H22N4O5S. The van der Waals surface area contributed by atoms with E-state index in [0.29, 0.717) is 11.1 Å². The van der Waals surface area contributed by atoms with E-state index in [9.17, 15) is 18.0 Å². The Labute approximate surface area is 157 Å². The maximum absolute atomic E-state index is 13.0. The standard InChI is InChI=1S/C17H22N4O5S/c1-11(17(23)20(2)3)27(24,25)21-9-8-18-16(22)13(21)10-15-19-12-6-4-5-7-14(12)26-15/h4-7,11,13H,8-10H2,1-3H3,(H,18,22)/t11-,13-/m1/s1. The lowest BCUT2D eigenvalue weighted by molar-refractivity contribution is -0.129. The van der Waals surface area contributed by atoms with Gasteiger partial charge in [-0.1, -0.05) is 12.1 Å². The van der Waals surface area contributed by atoms with Gasteiger partial charge in [0.15, 0.2) is 16.7 Å². The molecule has 3 rings (SSSR count). The summed E-state index contributed by atoms with van der Waals surface area (Å²) in [6.07, 6.45) is -0.0113. The van der Waals surface area contributed by atoms with Crippen LogP contribution < -0.4 is 5.32 Å². The summed E-state index contributed by atoms with van der Waals surface area (Å²) in [7, 11) is -1.04. The van der Waals surface area contributed by atoms with E-state index in [1.807, 2.05) is 6.07 Å². The van der Waals surface area contributed by atoms with Gasteiger partial charge in [0.1, 0.15) is 11.6 Å². The number of rotatable bonds is 5. The van der Waals surface area contributed by atoms with E-state index in [1.165, 1.54) is 25.9 Å². The quantitative estimate of drug-likeness (QED) is 0.762. The van der Waals surface area contributed by atoms with Crippen molar-refractivity contribution in [2.75, 3.05) is 27.2 Å². The number of amides is 2. The molecule has 0 bridgehead atoms. The Morgan fingerprint density at radius 1 is 1.41 bits per heavy atom. The predicted octanol–water partition coefficient (Wildman–Crippen LogP) is -0.0228. The second kappa shape index (κ2) is 7.28. The van der Waals surface area contributed by atoms with Crippen LogP contribution in [0.3, 0.4) is 0 Å². The Morgan fingerprint density at radius 3 is 2.78 bits per heavy atom. The molecule has 2 heterocycles. The van der Waals surface area contributed by atoms with Gasteiger partial charge in [-0.25, -0.2) is 13.4 Å². The molecule has 2 aromatic rings. The predicted molar refractivity (Wildman–Crippen MR) is 98.3 cm³/mol. The molecular weight excluding hydrogens is 372 g/mol. The number of oxazole rings is 1. The number of hydrogen-bond acceptors (Lipinski definition) is 6. The highest BCUT2D eigenvalue weighted by molar-refractivity contribution is 7.90. The fourth-order valence-corrected chi connectivity index (χ4v) is 4.80. The smallest absolute Gasteiger partial charge is 0.241 e. The molecule has 1 N–H and O–H groups in total. The molecule has 1 aromatic carbocycles. The normalized spacial score (nSPS) is 19.7. The van der Waals surface area contributed by atoms with Gasteiger partial charge in [0.25, 0.3) is 0 Å². The van der Waals surface area contributed by atoms with Crippen molar-refractivity contribution in [3.05, 3.63) is 30.2 Å². The van der Waals surface area contributed by atoms with Crippen molar-refractivity contribution in [2.24, 2.45) is 0 Å². The summed E-state index contributed by atoms with van der Waals surface area (Å²) in [5.41, 5.74) is 1.20. The van der Waals surface area contributed by atoms with Crippen molar-refractivity contribution in [3.63, 3.8) is 0 Å². The highest BCUT2D eigenvalue weighted by atomic mass is 32.2. The number of fused-ring (bicyclic) bond motifs is 1. The minimum absolute atomic E-state index is 0.0113. The zero-order valence-electron chi connectivity index (χ0n) is 15.4. The van der Waals surface area contributed by atoms with Gasteiger partial charge >= 0.3 is 0 Å². The van der Waals surface area contributed by atoms with Gasteiger partial charge in [-0.15, -0.1) is 0 Å². The maximum atomic E-state index is 13.0. The number of nitrogens with one attached hydrogen (secondary N) is 1. The van der Waals surface area contributed by atoms with E-state index in [-0.39, 0.29) is 25.4 Å². The topological polar surface area (TPSA) is 113 Å². The third kappa shape index (κ3) is 3.67. The van der Waals surface area contributed by atoms with Crippen molar-refractivity contribution in [2.45, 2.75) is 24.6 Å². The van der Waals surface area contributed by atoms with Crippen molar-refractivity contribution in [3.8, 4) is 0 Å². The van der Waals surface area contributed by atoms with Gasteiger partial charge in [0, 0.05) is 33.6 Å².